The predicted octanol–water partition coefficient (Wildman–Crippen LogP) is 9.53. The number of benzene rings is 2. The molecule has 2 saturated carbocycles. The Morgan fingerprint density at radius 2 is 1.39 bits per heavy atom. The molecule has 2 fully saturated rings. The summed E-state index contributed by atoms with van der Waals surface area (Å²) < 4.78 is 13.8. The number of hydrogen-bond acceptors (Lipinski definition) is 0. The van der Waals surface area contributed by atoms with Crippen molar-refractivity contribution in [1.82, 2.24) is 0 Å². The summed E-state index contributed by atoms with van der Waals surface area (Å²) in [4.78, 5) is 0. The lowest BCUT2D eigenvalue weighted by molar-refractivity contribution is 0.220. The Kier molecular flexibility index (Phi) is 8.10. The molecule has 0 saturated heterocycles. The van der Waals surface area contributed by atoms with Crippen molar-refractivity contribution in [2.45, 2.75) is 89.4 Å². The summed E-state index contributed by atoms with van der Waals surface area (Å²) in [6, 6.07) is 16.4. The topological polar surface area (TPSA) is 0 Å². The maximum atomic E-state index is 13.8. The first kappa shape index (κ1) is 22.8. The van der Waals surface area contributed by atoms with Crippen molar-refractivity contribution in [3.8, 4) is 0 Å². The van der Waals surface area contributed by atoms with Gasteiger partial charge in [-0.2, -0.15) is 0 Å². The molecule has 2 aromatic rings. The average molecular weight is 441 g/mol. The zero-order valence-corrected chi connectivity index (χ0v) is 19.8. The highest BCUT2D eigenvalue weighted by Crippen LogP contribution is 2.41. The van der Waals surface area contributed by atoms with E-state index in [2.05, 4.69) is 37.3 Å². The number of halogens is 2. The summed E-state index contributed by atoms with van der Waals surface area (Å²) in [5.41, 5.74) is 2.64. The molecule has 0 heterocycles. The van der Waals surface area contributed by atoms with E-state index in [1.54, 1.807) is 12.1 Å². The molecule has 2 heteroatoms. The molecule has 2 aliphatic carbocycles. The lowest BCUT2D eigenvalue weighted by atomic mass is 9.73. The van der Waals surface area contributed by atoms with E-state index < -0.39 is 0 Å². The molecule has 0 aromatic heterocycles. The summed E-state index contributed by atoms with van der Waals surface area (Å²) >= 11 is 5.84. The van der Waals surface area contributed by atoms with Crippen LogP contribution in [0.25, 0.3) is 0 Å². The molecule has 0 radical (unpaired) electrons. The van der Waals surface area contributed by atoms with E-state index in [0.717, 1.165) is 23.3 Å². The number of hydrogen-bond donors (Lipinski definition) is 0. The van der Waals surface area contributed by atoms with Crippen LogP contribution in [-0.4, -0.2) is 0 Å². The molecule has 1 atom stereocenters. The molecular weight excluding hydrogens is 403 g/mol. The molecule has 0 aliphatic heterocycles. The van der Waals surface area contributed by atoms with Gasteiger partial charge in [-0.05, 0) is 85.0 Å². The van der Waals surface area contributed by atoms with E-state index in [0.29, 0.717) is 11.8 Å². The Hall–Kier alpha value is -1.34. The Morgan fingerprint density at radius 3 is 2.00 bits per heavy atom. The zero-order valence-electron chi connectivity index (χ0n) is 19.0. The van der Waals surface area contributed by atoms with Crippen molar-refractivity contribution in [3.05, 3.63) is 70.5 Å². The average Bonchev–Trinajstić information content (AvgIpc) is 2.81. The third-order valence-electron chi connectivity index (χ3n) is 8.27. The fourth-order valence-corrected chi connectivity index (χ4v) is 6.31. The van der Waals surface area contributed by atoms with Crippen LogP contribution in [0.5, 0.6) is 0 Å². The Morgan fingerprint density at radius 1 is 0.806 bits per heavy atom. The fourth-order valence-electron chi connectivity index (χ4n) is 6.20. The van der Waals surface area contributed by atoms with Gasteiger partial charge in [0.1, 0.15) is 5.82 Å². The normalized spacial score (nSPS) is 27.7. The molecule has 0 spiro atoms. The van der Waals surface area contributed by atoms with Gasteiger partial charge in [-0.1, -0.05) is 93.4 Å². The molecule has 2 aromatic carbocycles. The van der Waals surface area contributed by atoms with Gasteiger partial charge in [-0.15, -0.1) is 0 Å². The van der Waals surface area contributed by atoms with Crippen molar-refractivity contribution in [3.63, 3.8) is 0 Å². The van der Waals surface area contributed by atoms with Crippen molar-refractivity contribution in [2.24, 2.45) is 17.8 Å². The van der Waals surface area contributed by atoms with Gasteiger partial charge in [0, 0.05) is 0 Å². The molecule has 31 heavy (non-hydrogen) atoms. The fraction of sp³-hybridized carbons (Fsp3) is 0.586. The quantitative estimate of drug-likeness (QED) is 0.402. The summed E-state index contributed by atoms with van der Waals surface area (Å²) in [5, 5.41) is 0.238. The van der Waals surface area contributed by atoms with Crippen LogP contribution in [0.15, 0.2) is 48.5 Å². The first-order valence-electron chi connectivity index (χ1n) is 12.6. The third kappa shape index (κ3) is 6.35. The van der Waals surface area contributed by atoms with E-state index in [9.17, 15) is 4.39 Å². The van der Waals surface area contributed by atoms with Crippen LogP contribution in [0.1, 0.15) is 101 Å². The van der Waals surface area contributed by atoms with Gasteiger partial charge >= 0.3 is 0 Å². The van der Waals surface area contributed by atoms with E-state index in [1.165, 1.54) is 76.2 Å². The van der Waals surface area contributed by atoms with Crippen molar-refractivity contribution in [1.29, 1.82) is 0 Å². The second kappa shape index (κ2) is 11.0. The zero-order chi connectivity index (χ0) is 21.6. The SMILES string of the molecule is C[C@H](CC1CCC(CCC2CCC(c3ccc(Cl)c(F)c3)CC2)CC1)c1ccccc1. The first-order chi connectivity index (χ1) is 15.1. The second-order valence-electron chi connectivity index (χ2n) is 10.4. The smallest absolute Gasteiger partial charge is 0.142 e. The molecule has 168 valence electrons. The van der Waals surface area contributed by atoms with Crippen LogP contribution in [0.4, 0.5) is 4.39 Å². The van der Waals surface area contributed by atoms with Gasteiger partial charge < -0.3 is 0 Å². The lowest BCUT2D eigenvalue weighted by Crippen LogP contribution is -2.18. The molecule has 0 unspecified atom stereocenters. The summed E-state index contributed by atoms with van der Waals surface area (Å²) in [5.74, 6) is 3.68. The van der Waals surface area contributed by atoms with Crippen LogP contribution in [-0.2, 0) is 0 Å². The lowest BCUT2D eigenvalue weighted by Gasteiger charge is -2.33. The first-order valence-corrected chi connectivity index (χ1v) is 13.0. The highest BCUT2D eigenvalue weighted by atomic mass is 35.5. The van der Waals surface area contributed by atoms with Gasteiger partial charge in [-0.3, -0.25) is 0 Å². The molecule has 0 amide bonds. The van der Waals surface area contributed by atoms with Gasteiger partial charge in [0.05, 0.1) is 5.02 Å². The van der Waals surface area contributed by atoms with Gasteiger partial charge in [0.15, 0.2) is 0 Å². The minimum absolute atomic E-state index is 0.238. The number of rotatable bonds is 7. The maximum absolute atomic E-state index is 13.8. The molecule has 0 bridgehead atoms. The van der Waals surface area contributed by atoms with Crippen LogP contribution in [0.3, 0.4) is 0 Å². The van der Waals surface area contributed by atoms with E-state index >= 15 is 0 Å². The minimum Gasteiger partial charge on any atom is -0.205 e. The molecular formula is C29H38ClF. The summed E-state index contributed by atoms with van der Waals surface area (Å²) in [6.07, 6.45) is 14.9. The summed E-state index contributed by atoms with van der Waals surface area (Å²) in [6.45, 7) is 2.40. The molecule has 4 rings (SSSR count). The Labute approximate surface area is 193 Å². The monoisotopic (exact) mass is 440 g/mol. The largest absolute Gasteiger partial charge is 0.205 e. The summed E-state index contributed by atoms with van der Waals surface area (Å²) in [7, 11) is 0. The highest BCUT2D eigenvalue weighted by Gasteiger charge is 2.26. The van der Waals surface area contributed by atoms with Gasteiger partial charge in [-0.25, -0.2) is 4.39 Å². The Bertz CT molecular complexity index is 801. The van der Waals surface area contributed by atoms with Crippen LogP contribution in [0, 0.1) is 23.6 Å². The van der Waals surface area contributed by atoms with E-state index in [-0.39, 0.29) is 10.8 Å². The van der Waals surface area contributed by atoms with Gasteiger partial charge in [0.2, 0.25) is 0 Å². The molecule has 0 nitrogen and oxygen atoms in total. The maximum Gasteiger partial charge on any atom is 0.142 e. The second-order valence-corrected chi connectivity index (χ2v) is 10.8. The Balaban J connectivity index is 1.14. The van der Waals surface area contributed by atoms with Crippen LogP contribution in [0.2, 0.25) is 5.02 Å². The minimum atomic E-state index is -0.268. The third-order valence-corrected chi connectivity index (χ3v) is 8.57. The standard InChI is InChI=1S/C29H38ClF/c1-21(25-5-3-2-4-6-25)19-24-11-9-22(10-12-24)7-8-23-13-15-26(16-14-23)27-17-18-28(30)29(31)20-27/h2-6,17-18,20-24,26H,7-16,19H2,1H3/t21-,22?,23?,24?,26?/m1/s1. The van der Waals surface area contributed by atoms with Gasteiger partial charge in [0.25, 0.3) is 0 Å². The van der Waals surface area contributed by atoms with Crippen LogP contribution < -0.4 is 0 Å². The van der Waals surface area contributed by atoms with Crippen molar-refractivity contribution < 1.29 is 4.39 Å². The van der Waals surface area contributed by atoms with E-state index in [1.807, 2.05) is 6.07 Å². The highest BCUT2D eigenvalue weighted by molar-refractivity contribution is 6.30. The van der Waals surface area contributed by atoms with Crippen LogP contribution >= 0.6 is 11.6 Å². The molecule has 0 N–H and O–H groups in total. The predicted molar refractivity (Wildman–Crippen MR) is 130 cm³/mol. The van der Waals surface area contributed by atoms with Crippen molar-refractivity contribution in [2.75, 3.05) is 0 Å². The van der Waals surface area contributed by atoms with E-state index in [4.69, 9.17) is 11.6 Å². The molecule has 2 aliphatic rings. The van der Waals surface area contributed by atoms with Crippen molar-refractivity contribution >= 4 is 11.6 Å².